The predicted octanol–water partition coefficient (Wildman–Crippen LogP) is 4.86. The van der Waals surface area contributed by atoms with Gasteiger partial charge in [0.1, 0.15) is 17.6 Å². The summed E-state index contributed by atoms with van der Waals surface area (Å²) in [6, 6.07) is 17.7. The summed E-state index contributed by atoms with van der Waals surface area (Å²) in [6.45, 7) is 1.90. The Hall–Kier alpha value is -3.25. The molecule has 0 aliphatic carbocycles. The molecule has 29 heavy (non-hydrogen) atoms. The molecule has 0 saturated carbocycles. The van der Waals surface area contributed by atoms with Gasteiger partial charge in [0.05, 0.1) is 7.11 Å². The van der Waals surface area contributed by atoms with Crippen LogP contribution in [0.2, 0.25) is 0 Å². The number of amides is 1. The molecule has 2 atom stereocenters. The topological polar surface area (TPSA) is 88.0 Å². The molecular formula is C23H25NO5. The zero-order valence-corrected chi connectivity index (χ0v) is 16.5. The summed E-state index contributed by atoms with van der Waals surface area (Å²) in [5.41, 5.74) is 1.36. The molecule has 0 unspecified atom stereocenters. The lowest BCUT2D eigenvalue weighted by Crippen LogP contribution is -2.22. The molecule has 152 valence electrons. The number of fused-ring (bicyclic) bond motifs is 1. The van der Waals surface area contributed by atoms with Crippen LogP contribution in [0.25, 0.3) is 10.8 Å². The average molecular weight is 395 g/mol. The smallest absolute Gasteiger partial charge is 0.412 e. The molecule has 0 aliphatic heterocycles. The van der Waals surface area contributed by atoms with E-state index in [9.17, 15) is 15.0 Å². The number of ether oxygens (including phenoxy) is 2. The number of aliphatic hydroxyl groups is 1. The maximum atomic E-state index is 12.6. The maximum absolute atomic E-state index is 12.6. The first-order valence-electron chi connectivity index (χ1n) is 9.46. The number of methoxy groups -OCH3 is 1. The summed E-state index contributed by atoms with van der Waals surface area (Å²) in [4.78, 5) is 12.6. The molecule has 3 aromatic rings. The van der Waals surface area contributed by atoms with Crippen molar-refractivity contribution in [2.75, 3.05) is 19.0 Å². The fourth-order valence-electron chi connectivity index (χ4n) is 3.33. The Morgan fingerprint density at radius 3 is 2.38 bits per heavy atom. The van der Waals surface area contributed by atoms with E-state index in [0.29, 0.717) is 23.2 Å². The van der Waals surface area contributed by atoms with Gasteiger partial charge in [-0.15, -0.1) is 0 Å². The highest BCUT2D eigenvalue weighted by Gasteiger charge is 2.26. The van der Waals surface area contributed by atoms with Gasteiger partial charge in [-0.05, 0) is 48.1 Å². The highest BCUT2D eigenvalue weighted by molar-refractivity contribution is 5.91. The zero-order valence-electron chi connectivity index (χ0n) is 16.5. The molecular weight excluding hydrogens is 370 g/mol. The number of nitrogens with one attached hydrogen (secondary N) is 1. The van der Waals surface area contributed by atoms with Crippen molar-refractivity contribution in [3.05, 3.63) is 66.2 Å². The Labute approximate surface area is 169 Å². The van der Waals surface area contributed by atoms with E-state index in [-0.39, 0.29) is 18.3 Å². The highest BCUT2D eigenvalue weighted by atomic mass is 16.6. The van der Waals surface area contributed by atoms with Crippen LogP contribution in [0.3, 0.4) is 0 Å². The van der Waals surface area contributed by atoms with E-state index in [4.69, 9.17) is 9.47 Å². The van der Waals surface area contributed by atoms with Gasteiger partial charge in [0.2, 0.25) is 0 Å². The number of carbonyl (C=O) groups is 1. The molecule has 0 fully saturated rings. The van der Waals surface area contributed by atoms with E-state index in [1.807, 2.05) is 31.2 Å². The number of anilines is 1. The third kappa shape index (κ3) is 4.78. The van der Waals surface area contributed by atoms with Gasteiger partial charge in [-0.25, -0.2) is 4.79 Å². The van der Waals surface area contributed by atoms with E-state index >= 15 is 0 Å². The van der Waals surface area contributed by atoms with Crippen molar-refractivity contribution in [2.24, 2.45) is 5.92 Å². The second kappa shape index (κ2) is 9.30. The number of phenols is 1. The van der Waals surface area contributed by atoms with Gasteiger partial charge in [-0.2, -0.15) is 0 Å². The standard InChI is InChI=1S/C23H25NO5/c1-15(13-14-25)22(20-11-12-21(26)19-6-4-3-5-18(19)20)29-23(27)24-16-7-9-17(28-2)10-8-16/h3-12,15,22,25-26H,13-14H2,1-2H3,(H,24,27)/t15-,22+/m1/s1. The van der Waals surface area contributed by atoms with Crippen LogP contribution < -0.4 is 10.1 Å². The van der Waals surface area contributed by atoms with Gasteiger partial charge in [0.15, 0.2) is 0 Å². The molecule has 1 amide bonds. The van der Waals surface area contributed by atoms with Gasteiger partial charge in [-0.3, -0.25) is 5.32 Å². The van der Waals surface area contributed by atoms with Gasteiger partial charge < -0.3 is 19.7 Å². The molecule has 3 rings (SSSR count). The van der Waals surface area contributed by atoms with E-state index < -0.39 is 12.2 Å². The fourth-order valence-corrected chi connectivity index (χ4v) is 3.33. The first kappa shape index (κ1) is 20.5. The van der Waals surface area contributed by atoms with Crippen LogP contribution in [0.4, 0.5) is 10.5 Å². The Kier molecular flexibility index (Phi) is 6.57. The number of aromatic hydroxyl groups is 1. The fraction of sp³-hybridized carbons (Fsp3) is 0.261. The van der Waals surface area contributed by atoms with E-state index in [0.717, 1.165) is 10.9 Å². The van der Waals surface area contributed by atoms with Crippen LogP contribution in [0.5, 0.6) is 11.5 Å². The number of benzene rings is 3. The normalized spacial score (nSPS) is 12.9. The number of aliphatic hydroxyl groups excluding tert-OH is 1. The van der Waals surface area contributed by atoms with Crippen LogP contribution in [0.15, 0.2) is 60.7 Å². The van der Waals surface area contributed by atoms with Gasteiger partial charge in [-0.1, -0.05) is 37.3 Å². The van der Waals surface area contributed by atoms with Gasteiger partial charge >= 0.3 is 6.09 Å². The number of rotatable bonds is 7. The van der Waals surface area contributed by atoms with Crippen LogP contribution in [-0.4, -0.2) is 30.0 Å². The van der Waals surface area contributed by atoms with Crippen molar-refractivity contribution >= 4 is 22.6 Å². The van der Waals surface area contributed by atoms with E-state index in [1.54, 1.807) is 43.5 Å². The number of hydrogen-bond acceptors (Lipinski definition) is 5. The molecule has 6 nitrogen and oxygen atoms in total. The molecule has 0 saturated heterocycles. The quantitative estimate of drug-likeness (QED) is 0.532. The minimum Gasteiger partial charge on any atom is -0.507 e. The summed E-state index contributed by atoms with van der Waals surface area (Å²) in [5, 5.41) is 23.8. The van der Waals surface area contributed by atoms with Crippen molar-refractivity contribution in [1.29, 1.82) is 0 Å². The van der Waals surface area contributed by atoms with Crippen molar-refractivity contribution in [1.82, 2.24) is 0 Å². The molecule has 0 spiro atoms. The zero-order chi connectivity index (χ0) is 20.8. The molecule has 0 aliphatic rings. The monoisotopic (exact) mass is 395 g/mol. The lowest BCUT2D eigenvalue weighted by molar-refractivity contribution is 0.0676. The molecule has 0 heterocycles. The van der Waals surface area contributed by atoms with Crippen molar-refractivity contribution in [3.8, 4) is 11.5 Å². The SMILES string of the molecule is COc1ccc(NC(=O)O[C@H](c2ccc(O)c3ccccc23)[C@H](C)CCO)cc1. The number of carbonyl (C=O) groups excluding carboxylic acids is 1. The second-order valence-electron chi connectivity index (χ2n) is 6.89. The first-order chi connectivity index (χ1) is 14.0. The molecule has 3 aromatic carbocycles. The third-order valence-corrected chi connectivity index (χ3v) is 4.91. The van der Waals surface area contributed by atoms with Crippen LogP contribution in [-0.2, 0) is 4.74 Å². The van der Waals surface area contributed by atoms with E-state index in [2.05, 4.69) is 5.32 Å². The summed E-state index contributed by atoms with van der Waals surface area (Å²) in [6.07, 6.45) is -0.719. The number of hydrogen-bond donors (Lipinski definition) is 3. The summed E-state index contributed by atoms with van der Waals surface area (Å²) >= 11 is 0. The summed E-state index contributed by atoms with van der Waals surface area (Å²) < 4.78 is 10.9. The summed E-state index contributed by atoms with van der Waals surface area (Å²) in [5.74, 6) is 0.726. The van der Waals surface area contributed by atoms with E-state index in [1.165, 1.54) is 0 Å². The van der Waals surface area contributed by atoms with Crippen molar-refractivity contribution in [2.45, 2.75) is 19.4 Å². The first-order valence-corrected chi connectivity index (χ1v) is 9.46. The average Bonchev–Trinajstić information content (AvgIpc) is 2.73. The lowest BCUT2D eigenvalue weighted by Gasteiger charge is -2.25. The van der Waals surface area contributed by atoms with Crippen LogP contribution in [0.1, 0.15) is 25.0 Å². The van der Waals surface area contributed by atoms with Gasteiger partial charge in [0.25, 0.3) is 0 Å². The largest absolute Gasteiger partial charge is 0.507 e. The van der Waals surface area contributed by atoms with Gasteiger partial charge in [0, 0.05) is 23.2 Å². The minimum atomic E-state index is -0.595. The van der Waals surface area contributed by atoms with Crippen LogP contribution >= 0.6 is 0 Å². The second-order valence-corrected chi connectivity index (χ2v) is 6.89. The molecule has 0 aromatic heterocycles. The Bertz CT molecular complexity index is 971. The number of phenolic OH excluding ortho intramolecular Hbond substituents is 1. The van der Waals surface area contributed by atoms with Crippen LogP contribution in [0, 0.1) is 5.92 Å². The Morgan fingerprint density at radius 2 is 1.72 bits per heavy atom. The maximum Gasteiger partial charge on any atom is 0.412 e. The lowest BCUT2D eigenvalue weighted by atomic mass is 9.91. The minimum absolute atomic E-state index is 0.0167. The molecule has 0 radical (unpaired) electrons. The third-order valence-electron chi connectivity index (χ3n) is 4.91. The Balaban J connectivity index is 1.88. The predicted molar refractivity (Wildman–Crippen MR) is 112 cm³/mol. The van der Waals surface area contributed by atoms with Crippen molar-refractivity contribution < 1.29 is 24.5 Å². The summed E-state index contributed by atoms with van der Waals surface area (Å²) in [7, 11) is 1.58. The molecule has 0 bridgehead atoms. The highest BCUT2D eigenvalue weighted by Crippen LogP contribution is 2.36. The molecule has 3 N–H and O–H groups in total. The molecule has 6 heteroatoms. The van der Waals surface area contributed by atoms with Crippen molar-refractivity contribution in [3.63, 3.8) is 0 Å². The Morgan fingerprint density at radius 1 is 1.03 bits per heavy atom.